The summed E-state index contributed by atoms with van der Waals surface area (Å²) in [5.41, 5.74) is 1.36. The third-order valence-electron chi connectivity index (χ3n) is 4.72. The number of hydrogen-bond donors (Lipinski definition) is 1. The van der Waals surface area contributed by atoms with Gasteiger partial charge in [-0.2, -0.15) is 0 Å². The summed E-state index contributed by atoms with van der Waals surface area (Å²) in [7, 11) is 0. The molecule has 0 aromatic heterocycles. The fourth-order valence-electron chi connectivity index (χ4n) is 3.61. The third-order valence-corrected chi connectivity index (χ3v) is 4.72. The number of allylic oxidation sites excluding steroid dienone is 1. The standard InChI is InChI=1S/C18H35N/c1-5-7-16-9-11-18(14-19-12-6-2)17(13-16)10-8-15(3)4/h16-19H,3,5-14H2,1-2,4H3. The van der Waals surface area contributed by atoms with E-state index in [0.717, 1.165) is 17.8 Å². The summed E-state index contributed by atoms with van der Waals surface area (Å²) in [6.45, 7) is 13.3. The van der Waals surface area contributed by atoms with Gasteiger partial charge in [-0.15, -0.1) is 6.58 Å². The Morgan fingerprint density at radius 3 is 2.53 bits per heavy atom. The average molecular weight is 265 g/mol. The smallest absolute Gasteiger partial charge is 0.00179 e. The summed E-state index contributed by atoms with van der Waals surface area (Å²) in [6, 6.07) is 0. The molecule has 0 aromatic rings. The van der Waals surface area contributed by atoms with Gasteiger partial charge in [0.1, 0.15) is 0 Å². The molecule has 1 rings (SSSR count). The van der Waals surface area contributed by atoms with Crippen molar-refractivity contribution >= 4 is 0 Å². The van der Waals surface area contributed by atoms with Gasteiger partial charge in [-0.1, -0.05) is 38.7 Å². The molecule has 0 spiro atoms. The lowest BCUT2D eigenvalue weighted by atomic mass is 9.71. The van der Waals surface area contributed by atoms with Gasteiger partial charge in [0.2, 0.25) is 0 Å². The second-order valence-corrected chi connectivity index (χ2v) is 6.69. The maximum absolute atomic E-state index is 4.08. The molecule has 1 aliphatic carbocycles. The highest BCUT2D eigenvalue weighted by Gasteiger charge is 2.29. The highest BCUT2D eigenvalue weighted by molar-refractivity contribution is 4.90. The van der Waals surface area contributed by atoms with Crippen LogP contribution in [0, 0.1) is 17.8 Å². The lowest BCUT2D eigenvalue weighted by Gasteiger charge is -2.36. The predicted molar refractivity (Wildman–Crippen MR) is 86.4 cm³/mol. The molecule has 1 saturated carbocycles. The minimum atomic E-state index is 0.916. The summed E-state index contributed by atoms with van der Waals surface area (Å²) in [5, 5.41) is 3.65. The Morgan fingerprint density at radius 1 is 1.11 bits per heavy atom. The topological polar surface area (TPSA) is 12.0 Å². The first kappa shape index (κ1) is 16.8. The van der Waals surface area contributed by atoms with Gasteiger partial charge in [0.15, 0.2) is 0 Å². The summed E-state index contributed by atoms with van der Waals surface area (Å²) in [6.07, 6.45) is 11.0. The van der Waals surface area contributed by atoms with E-state index in [2.05, 4.69) is 32.7 Å². The zero-order valence-corrected chi connectivity index (χ0v) is 13.5. The van der Waals surface area contributed by atoms with Crippen LogP contribution in [0.25, 0.3) is 0 Å². The second-order valence-electron chi connectivity index (χ2n) is 6.69. The number of hydrogen-bond acceptors (Lipinski definition) is 1. The molecule has 1 N–H and O–H groups in total. The molecule has 0 bridgehead atoms. The minimum Gasteiger partial charge on any atom is -0.316 e. The quantitative estimate of drug-likeness (QED) is 0.448. The Labute approximate surface area is 121 Å². The van der Waals surface area contributed by atoms with E-state index in [1.54, 1.807) is 0 Å². The van der Waals surface area contributed by atoms with Gasteiger partial charge in [0, 0.05) is 0 Å². The van der Waals surface area contributed by atoms with Crippen LogP contribution in [0.1, 0.15) is 72.1 Å². The van der Waals surface area contributed by atoms with E-state index in [1.165, 1.54) is 70.0 Å². The molecule has 1 aliphatic rings. The SMILES string of the molecule is C=C(C)CCC1CC(CCC)CCC1CNCCC. The Bertz CT molecular complexity index is 246. The largest absolute Gasteiger partial charge is 0.316 e. The lowest BCUT2D eigenvalue weighted by molar-refractivity contribution is 0.160. The van der Waals surface area contributed by atoms with E-state index < -0.39 is 0 Å². The van der Waals surface area contributed by atoms with Crippen LogP contribution in [0.5, 0.6) is 0 Å². The van der Waals surface area contributed by atoms with Crippen molar-refractivity contribution in [3.8, 4) is 0 Å². The average Bonchev–Trinajstić information content (AvgIpc) is 2.39. The van der Waals surface area contributed by atoms with Crippen LogP contribution >= 0.6 is 0 Å². The first-order valence-corrected chi connectivity index (χ1v) is 8.52. The summed E-state index contributed by atoms with van der Waals surface area (Å²) >= 11 is 0. The normalized spacial score (nSPS) is 27.4. The number of rotatable bonds is 9. The minimum absolute atomic E-state index is 0.916. The molecule has 1 fully saturated rings. The molecule has 1 heteroatoms. The van der Waals surface area contributed by atoms with Crippen molar-refractivity contribution in [2.24, 2.45) is 17.8 Å². The summed E-state index contributed by atoms with van der Waals surface area (Å²) in [4.78, 5) is 0. The van der Waals surface area contributed by atoms with E-state index in [4.69, 9.17) is 0 Å². The van der Waals surface area contributed by atoms with Crippen LogP contribution in [-0.4, -0.2) is 13.1 Å². The monoisotopic (exact) mass is 265 g/mol. The highest BCUT2D eigenvalue weighted by Crippen LogP contribution is 2.38. The molecule has 3 atom stereocenters. The van der Waals surface area contributed by atoms with Crippen molar-refractivity contribution in [3.63, 3.8) is 0 Å². The van der Waals surface area contributed by atoms with Gasteiger partial charge in [0.05, 0.1) is 0 Å². The van der Waals surface area contributed by atoms with Gasteiger partial charge >= 0.3 is 0 Å². The third kappa shape index (κ3) is 6.61. The molecule has 0 radical (unpaired) electrons. The maximum Gasteiger partial charge on any atom is -0.00179 e. The van der Waals surface area contributed by atoms with Crippen molar-refractivity contribution in [2.75, 3.05) is 13.1 Å². The fourth-order valence-corrected chi connectivity index (χ4v) is 3.61. The molecular formula is C18H35N. The van der Waals surface area contributed by atoms with Gasteiger partial charge in [-0.25, -0.2) is 0 Å². The van der Waals surface area contributed by atoms with Crippen LogP contribution in [0.3, 0.4) is 0 Å². The van der Waals surface area contributed by atoms with Gasteiger partial charge in [-0.05, 0) is 69.9 Å². The van der Waals surface area contributed by atoms with Crippen molar-refractivity contribution in [1.82, 2.24) is 5.32 Å². The molecule has 19 heavy (non-hydrogen) atoms. The predicted octanol–water partition coefficient (Wildman–Crippen LogP) is 5.17. The van der Waals surface area contributed by atoms with Crippen LogP contribution < -0.4 is 5.32 Å². The molecule has 0 saturated heterocycles. The molecule has 0 aliphatic heterocycles. The Balaban J connectivity index is 2.44. The Hall–Kier alpha value is -0.300. The van der Waals surface area contributed by atoms with E-state index in [9.17, 15) is 0 Å². The van der Waals surface area contributed by atoms with Crippen LogP contribution in [0.2, 0.25) is 0 Å². The van der Waals surface area contributed by atoms with E-state index in [1.807, 2.05) is 0 Å². The van der Waals surface area contributed by atoms with Crippen molar-refractivity contribution < 1.29 is 0 Å². The molecular weight excluding hydrogens is 230 g/mol. The maximum atomic E-state index is 4.08. The second kappa shape index (κ2) is 9.58. The summed E-state index contributed by atoms with van der Waals surface area (Å²) < 4.78 is 0. The van der Waals surface area contributed by atoms with Crippen LogP contribution in [0.4, 0.5) is 0 Å². The lowest BCUT2D eigenvalue weighted by Crippen LogP contribution is -2.33. The molecule has 0 amide bonds. The van der Waals surface area contributed by atoms with E-state index in [0.29, 0.717) is 0 Å². The van der Waals surface area contributed by atoms with E-state index in [-0.39, 0.29) is 0 Å². The van der Waals surface area contributed by atoms with Crippen molar-refractivity contribution in [1.29, 1.82) is 0 Å². The first-order valence-electron chi connectivity index (χ1n) is 8.52. The van der Waals surface area contributed by atoms with Gasteiger partial charge < -0.3 is 5.32 Å². The molecule has 0 heterocycles. The van der Waals surface area contributed by atoms with Crippen LogP contribution in [0.15, 0.2) is 12.2 Å². The first-order chi connectivity index (χ1) is 9.17. The summed E-state index contributed by atoms with van der Waals surface area (Å²) in [5.74, 6) is 2.85. The highest BCUT2D eigenvalue weighted by atomic mass is 14.9. The molecule has 112 valence electrons. The Kier molecular flexibility index (Phi) is 8.45. The molecule has 0 aromatic carbocycles. The Morgan fingerprint density at radius 2 is 1.89 bits per heavy atom. The zero-order chi connectivity index (χ0) is 14.1. The van der Waals surface area contributed by atoms with E-state index >= 15 is 0 Å². The van der Waals surface area contributed by atoms with Crippen molar-refractivity contribution in [2.45, 2.75) is 72.1 Å². The van der Waals surface area contributed by atoms with Crippen molar-refractivity contribution in [3.05, 3.63) is 12.2 Å². The molecule has 1 nitrogen and oxygen atoms in total. The fraction of sp³-hybridized carbons (Fsp3) is 0.889. The van der Waals surface area contributed by atoms with Gasteiger partial charge in [-0.3, -0.25) is 0 Å². The zero-order valence-electron chi connectivity index (χ0n) is 13.5. The van der Waals surface area contributed by atoms with Crippen LogP contribution in [-0.2, 0) is 0 Å². The molecule has 3 unspecified atom stereocenters. The van der Waals surface area contributed by atoms with Gasteiger partial charge in [0.25, 0.3) is 0 Å². The number of nitrogens with one attached hydrogen (secondary N) is 1.